The summed E-state index contributed by atoms with van der Waals surface area (Å²) >= 11 is 0. The predicted octanol–water partition coefficient (Wildman–Crippen LogP) is 2.59. The van der Waals surface area contributed by atoms with Gasteiger partial charge in [0.1, 0.15) is 0 Å². The van der Waals surface area contributed by atoms with E-state index in [4.69, 9.17) is 10.5 Å². The molecule has 0 saturated carbocycles. The number of hydrogen-bond acceptors (Lipinski definition) is 3. The molecule has 1 aromatic carbocycles. The van der Waals surface area contributed by atoms with Crippen LogP contribution < -0.4 is 11.1 Å². The standard InChI is InChI=1S/C17H30N4O.HI/c1-4-21(3)14-16-9-6-8-15(12-16)13-20-17(18)19-10-7-11-22-5-2;/h6,8-9,12H,4-5,7,10-11,13-14H2,1-3H3,(H3,18,19,20);1H. The van der Waals surface area contributed by atoms with Crippen molar-refractivity contribution < 1.29 is 4.74 Å². The van der Waals surface area contributed by atoms with Crippen molar-refractivity contribution in [3.63, 3.8) is 0 Å². The third-order valence-electron chi connectivity index (χ3n) is 3.39. The first kappa shape index (κ1) is 22.1. The van der Waals surface area contributed by atoms with Gasteiger partial charge in [0.05, 0.1) is 6.54 Å². The van der Waals surface area contributed by atoms with Crippen LogP contribution in [-0.4, -0.2) is 44.2 Å². The highest BCUT2D eigenvalue weighted by Gasteiger charge is 2.00. The van der Waals surface area contributed by atoms with Crippen molar-refractivity contribution in [2.45, 2.75) is 33.4 Å². The van der Waals surface area contributed by atoms with Crippen LogP contribution in [0.5, 0.6) is 0 Å². The minimum Gasteiger partial charge on any atom is -0.382 e. The second kappa shape index (κ2) is 13.6. The molecular weight excluding hydrogens is 403 g/mol. The third-order valence-corrected chi connectivity index (χ3v) is 3.39. The second-order valence-electron chi connectivity index (χ2n) is 5.33. The lowest BCUT2D eigenvalue weighted by Crippen LogP contribution is -2.32. The highest BCUT2D eigenvalue weighted by atomic mass is 127. The van der Waals surface area contributed by atoms with Crippen LogP contribution in [0.4, 0.5) is 0 Å². The molecule has 0 radical (unpaired) electrons. The zero-order valence-electron chi connectivity index (χ0n) is 14.5. The summed E-state index contributed by atoms with van der Waals surface area (Å²) in [6.07, 6.45) is 0.933. The first-order valence-corrected chi connectivity index (χ1v) is 8.03. The molecule has 0 spiro atoms. The molecular formula is C17H31IN4O. The number of benzene rings is 1. The first-order valence-electron chi connectivity index (χ1n) is 8.03. The van der Waals surface area contributed by atoms with Gasteiger partial charge in [0.25, 0.3) is 0 Å². The molecule has 0 atom stereocenters. The van der Waals surface area contributed by atoms with Crippen LogP contribution in [0.3, 0.4) is 0 Å². The van der Waals surface area contributed by atoms with E-state index < -0.39 is 0 Å². The van der Waals surface area contributed by atoms with Crippen LogP contribution in [-0.2, 0) is 17.8 Å². The minimum atomic E-state index is 0. The normalized spacial score (nSPS) is 11.4. The first-order chi connectivity index (χ1) is 10.7. The Bertz CT molecular complexity index is 454. The summed E-state index contributed by atoms with van der Waals surface area (Å²) in [5.41, 5.74) is 8.35. The van der Waals surface area contributed by atoms with Crippen molar-refractivity contribution in [1.82, 2.24) is 10.2 Å². The minimum absolute atomic E-state index is 0. The summed E-state index contributed by atoms with van der Waals surface area (Å²) < 4.78 is 5.27. The van der Waals surface area contributed by atoms with E-state index in [9.17, 15) is 0 Å². The van der Waals surface area contributed by atoms with Gasteiger partial charge in [-0.3, -0.25) is 0 Å². The van der Waals surface area contributed by atoms with Crippen molar-refractivity contribution in [2.75, 3.05) is 33.4 Å². The molecule has 5 nitrogen and oxygen atoms in total. The third kappa shape index (κ3) is 10.5. The molecule has 132 valence electrons. The lowest BCUT2D eigenvalue weighted by Gasteiger charge is -2.14. The quantitative estimate of drug-likeness (QED) is 0.257. The summed E-state index contributed by atoms with van der Waals surface area (Å²) in [5, 5.41) is 3.11. The van der Waals surface area contributed by atoms with Gasteiger partial charge in [-0.1, -0.05) is 31.2 Å². The Kier molecular flexibility index (Phi) is 13.1. The molecule has 1 rings (SSSR count). The second-order valence-corrected chi connectivity index (χ2v) is 5.33. The van der Waals surface area contributed by atoms with Gasteiger partial charge in [-0.25, -0.2) is 4.99 Å². The predicted molar refractivity (Wildman–Crippen MR) is 108 cm³/mol. The zero-order chi connectivity index (χ0) is 16.2. The molecule has 0 amide bonds. The van der Waals surface area contributed by atoms with Gasteiger partial charge in [0, 0.05) is 26.3 Å². The molecule has 0 aliphatic carbocycles. The van der Waals surface area contributed by atoms with Gasteiger partial charge in [0.15, 0.2) is 5.96 Å². The molecule has 0 saturated heterocycles. The van der Waals surface area contributed by atoms with Crippen molar-refractivity contribution in [1.29, 1.82) is 0 Å². The summed E-state index contributed by atoms with van der Waals surface area (Å²) in [5.74, 6) is 0.493. The van der Waals surface area contributed by atoms with Crippen molar-refractivity contribution in [3.05, 3.63) is 35.4 Å². The maximum absolute atomic E-state index is 5.87. The van der Waals surface area contributed by atoms with E-state index in [0.29, 0.717) is 12.5 Å². The van der Waals surface area contributed by atoms with E-state index in [1.54, 1.807) is 0 Å². The van der Waals surface area contributed by atoms with Crippen LogP contribution in [0.1, 0.15) is 31.4 Å². The average molecular weight is 434 g/mol. The maximum atomic E-state index is 5.87. The number of ether oxygens (including phenoxy) is 1. The number of nitrogens with one attached hydrogen (secondary N) is 1. The molecule has 0 bridgehead atoms. The Hall–Kier alpha value is -0.860. The Morgan fingerprint density at radius 3 is 2.74 bits per heavy atom. The molecule has 6 heteroatoms. The smallest absolute Gasteiger partial charge is 0.188 e. The SMILES string of the molecule is CCOCCCNC(N)=NCc1cccc(CN(C)CC)c1.I. The largest absolute Gasteiger partial charge is 0.382 e. The van der Waals surface area contributed by atoms with Gasteiger partial charge >= 0.3 is 0 Å². The Morgan fingerprint density at radius 2 is 2.04 bits per heavy atom. The molecule has 0 aliphatic heterocycles. The fourth-order valence-electron chi connectivity index (χ4n) is 2.02. The summed E-state index contributed by atoms with van der Waals surface area (Å²) in [4.78, 5) is 6.66. The Labute approximate surface area is 157 Å². The number of nitrogens with two attached hydrogens (primary N) is 1. The van der Waals surface area contributed by atoms with E-state index in [1.165, 1.54) is 11.1 Å². The van der Waals surface area contributed by atoms with E-state index in [1.807, 2.05) is 6.92 Å². The highest BCUT2D eigenvalue weighted by Crippen LogP contribution is 2.08. The monoisotopic (exact) mass is 434 g/mol. The number of hydrogen-bond donors (Lipinski definition) is 2. The molecule has 0 aliphatic rings. The van der Waals surface area contributed by atoms with Gasteiger partial charge in [-0.05, 0) is 38.1 Å². The average Bonchev–Trinajstić information content (AvgIpc) is 2.53. The fourth-order valence-corrected chi connectivity index (χ4v) is 2.02. The lowest BCUT2D eigenvalue weighted by molar-refractivity contribution is 0.145. The molecule has 0 aromatic heterocycles. The lowest BCUT2D eigenvalue weighted by atomic mass is 10.1. The van der Waals surface area contributed by atoms with Crippen molar-refractivity contribution in [2.24, 2.45) is 10.7 Å². The molecule has 23 heavy (non-hydrogen) atoms. The van der Waals surface area contributed by atoms with Crippen LogP contribution in [0.2, 0.25) is 0 Å². The summed E-state index contributed by atoms with van der Waals surface area (Å²) in [6.45, 7) is 9.06. The Balaban J connectivity index is 0.00000484. The van der Waals surface area contributed by atoms with Gasteiger partial charge in [-0.15, -0.1) is 24.0 Å². The summed E-state index contributed by atoms with van der Waals surface area (Å²) in [6, 6.07) is 8.50. The zero-order valence-corrected chi connectivity index (χ0v) is 16.9. The fraction of sp³-hybridized carbons (Fsp3) is 0.588. The van der Waals surface area contributed by atoms with Gasteiger partial charge in [-0.2, -0.15) is 0 Å². The number of guanidine groups is 1. The maximum Gasteiger partial charge on any atom is 0.188 e. The molecule has 0 unspecified atom stereocenters. The van der Waals surface area contributed by atoms with Crippen LogP contribution in [0, 0.1) is 0 Å². The van der Waals surface area contributed by atoms with E-state index in [0.717, 1.165) is 39.3 Å². The number of aliphatic imine (C=N–C) groups is 1. The number of rotatable bonds is 10. The molecule has 3 N–H and O–H groups in total. The van der Waals surface area contributed by atoms with Crippen LogP contribution in [0.25, 0.3) is 0 Å². The van der Waals surface area contributed by atoms with E-state index in [-0.39, 0.29) is 24.0 Å². The molecule has 0 fully saturated rings. The van der Waals surface area contributed by atoms with E-state index in [2.05, 4.69) is 53.4 Å². The van der Waals surface area contributed by atoms with E-state index >= 15 is 0 Å². The van der Waals surface area contributed by atoms with Crippen molar-refractivity contribution in [3.8, 4) is 0 Å². The number of nitrogens with zero attached hydrogens (tertiary/aromatic N) is 2. The van der Waals surface area contributed by atoms with Gasteiger partial charge in [0.2, 0.25) is 0 Å². The van der Waals surface area contributed by atoms with Crippen LogP contribution >= 0.6 is 24.0 Å². The molecule has 1 aromatic rings. The summed E-state index contributed by atoms with van der Waals surface area (Å²) in [7, 11) is 2.12. The molecule has 0 heterocycles. The van der Waals surface area contributed by atoms with Gasteiger partial charge < -0.3 is 20.7 Å². The van der Waals surface area contributed by atoms with Crippen LogP contribution in [0.15, 0.2) is 29.3 Å². The topological polar surface area (TPSA) is 62.9 Å². The Morgan fingerprint density at radius 1 is 1.30 bits per heavy atom. The number of halogens is 1. The van der Waals surface area contributed by atoms with Crippen molar-refractivity contribution >= 4 is 29.9 Å². The highest BCUT2D eigenvalue weighted by molar-refractivity contribution is 14.0.